The molecule has 0 saturated heterocycles. The smallest absolute Gasteiger partial charge is 0.258 e. The van der Waals surface area contributed by atoms with Crippen LogP contribution in [0, 0.1) is 0 Å². The summed E-state index contributed by atoms with van der Waals surface area (Å²) in [6.45, 7) is 0. The van der Waals surface area contributed by atoms with E-state index < -0.39 is 0 Å². The van der Waals surface area contributed by atoms with Gasteiger partial charge in [0.2, 0.25) is 0 Å². The highest BCUT2D eigenvalue weighted by Gasteiger charge is 1.98. The first kappa shape index (κ1) is 8.13. The SMILES string of the molecule is Clc1ccc(Oc2cocn2)cc1. The van der Waals surface area contributed by atoms with Crippen LogP contribution in [0.4, 0.5) is 0 Å². The van der Waals surface area contributed by atoms with Gasteiger partial charge in [-0.1, -0.05) is 11.6 Å². The molecular formula is C9H6ClNO2. The van der Waals surface area contributed by atoms with Gasteiger partial charge in [0, 0.05) is 5.02 Å². The van der Waals surface area contributed by atoms with Crippen LogP contribution in [0.25, 0.3) is 0 Å². The average Bonchev–Trinajstić information content (AvgIpc) is 2.62. The summed E-state index contributed by atoms with van der Waals surface area (Å²) in [7, 11) is 0. The predicted molar refractivity (Wildman–Crippen MR) is 48.0 cm³/mol. The average molecular weight is 196 g/mol. The number of ether oxygens (including phenoxy) is 1. The van der Waals surface area contributed by atoms with E-state index >= 15 is 0 Å². The summed E-state index contributed by atoms with van der Waals surface area (Å²) in [5, 5.41) is 0.674. The van der Waals surface area contributed by atoms with Crippen LogP contribution in [0.2, 0.25) is 5.02 Å². The standard InChI is InChI=1S/C9H6ClNO2/c10-7-1-3-8(4-2-7)13-9-5-12-6-11-9/h1-6H. The van der Waals surface area contributed by atoms with Crippen molar-refractivity contribution in [3.05, 3.63) is 41.9 Å². The molecule has 0 bridgehead atoms. The summed E-state index contributed by atoms with van der Waals surface area (Å²) >= 11 is 5.70. The molecule has 0 saturated carbocycles. The lowest BCUT2D eigenvalue weighted by atomic mass is 10.3. The fraction of sp³-hybridized carbons (Fsp3) is 0. The van der Waals surface area contributed by atoms with Crippen LogP contribution in [0.1, 0.15) is 0 Å². The Morgan fingerprint density at radius 2 is 2.00 bits per heavy atom. The minimum atomic E-state index is 0.433. The molecule has 0 spiro atoms. The lowest BCUT2D eigenvalue weighted by Crippen LogP contribution is -1.82. The number of hydrogen-bond acceptors (Lipinski definition) is 3. The summed E-state index contributed by atoms with van der Waals surface area (Å²) in [6, 6.07) is 7.02. The number of rotatable bonds is 2. The zero-order chi connectivity index (χ0) is 9.10. The zero-order valence-corrected chi connectivity index (χ0v) is 7.36. The zero-order valence-electron chi connectivity index (χ0n) is 6.61. The van der Waals surface area contributed by atoms with Crippen molar-refractivity contribution < 1.29 is 9.15 Å². The second-order valence-electron chi connectivity index (χ2n) is 2.38. The number of oxazole rings is 1. The molecule has 0 N–H and O–H groups in total. The van der Waals surface area contributed by atoms with Crippen LogP contribution in [-0.2, 0) is 0 Å². The Bertz CT molecular complexity index is 369. The highest BCUT2D eigenvalue weighted by atomic mass is 35.5. The Morgan fingerprint density at radius 1 is 1.23 bits per heavy atom. The molecule has 66 valence electrons. The molecule has 0 aliphatic rings. The first-order valence-electron chi connectivity index (χ1n) is 3.66. The quantitative estimate of drug-likeness (QED) is 0.739. The Hall–Kier alpha value is -1.48. The molecule has 0 radical (unpaired) electrons. The van der Waals surface area contributed by atoms with Gasteiger partial charge in [0.15, 0.2) is 12.7 Å². The van der Waals surface area contributed by atoms with Crippen LogP contribution < -0.4 is 4.74 Å². The minimum absolute atomic E-state index is 0.433. The van der Waals surface area contributed by atoms with E-state index in [1.807, 2.05) is 0 Å². The van der Waals surface area contributed by atoms with Gasteiger partial charge in [0.1, 0.15) is 5.75 Å². The molecule has 1 aromatic heterocycles. The van der Waals surface area contributed by atoms with Crippen LogP contribution in [0.15, 0.2) is 41.3 Å². The van der Waals surface area contributed by atoms with Crippen LogP contribution in [0.3, 0.4) is 0 Å². The largest absolute Gasteiger partial charge is 0.448 e. The Kier molecular flexibility index (Phi) is 2.19. The third-order valence-electron chi connectivity index (χ3n) is 1.45. The molecule has 0 atom stereocenters. The Labute approximate surface area is 79.9 Å². The van der Waals surface area contributed by atoms with Crippen LogP contribution in [0.5, 0.6) is 11.6 Å². The van der Waals surface area contributed by atoms with Gasteiger partial charge in [-0.2, -0.15) is 4.98 Å². The van der Waals surface area contributed by atoms with Crippen molar-refractivity contribution in [2.45, 2.75) is 0 Å². The minimum Gasteiger partial charge on any atom is -0.448 e. The maximum atomic E-state index is 5.70. The normalized spacial score (nSPS) is 9.92. The summed E-state index contributed by atoms with van der Waals surface area (Å²) in [5.41, 5.74) is 0. The summed E-state index contributed by atoms with van der Waals surface area (Å²) < 4.78 is 10.1. The molecule has 1 aromatic carbocycles. The highest BCUT2D eigenvalue weighted by molar-refractivity contribution is 6.30. The maximum absolute atomic E-state index is 5.70. The third-order valence-corrected chi connectivity index (χ3v) is 1.70. The second kappa shape index (κ2) is 3.49. The Balaban J connectivity index is 2.15. The van der Waals surface area contributed by atoms with Crippen molar-refractivity contribution in [1.29, 1.82) is 0 Å². The molecule has 13 heavy (non-hydrogen) atoms. The molecule has 1 heterocycles. The van der Waals surface area contributed by atoms with E-state index in [1.165, 1.54) is 12.7 Å². The van der Waals surface area contributed by atoms with Crippen LogP contribution in [-0.4, -0.2) is 4.98 Å². The van der Waals surface area contributed by atoms with Crippen molar-refractivity contribution >= 4 is 11.6 Å². The number of halogens is 1. The predicted octanol–water partition coefficient (Wildman–Crippen LogP) is 3.12. The lowest BCUT2D eigenvalue weighted by Gasteiger charge is -1.99. The molecule has 0 unspecified atom stereocenters. The van der Waals surface area contributed by atoms with E-state index in [9.17, 15) is 0 Å². The van der Waals surface area contributed by atoms with Crippen molar-refractivity contribution in [1.82, 2.24) is 4.98 Å². The van der Waals surface area contributed by atoms with Crippen molar-refractivity contribution in [2.24, 2.45) is 0 Å². The molecule has 2 rings (SSSR count). The number of hydrogen-bond donors (Lipinski definition) is 0. The van der Waals surface area contributed by atoms with Crippen molar-refractivity contribution in [3.63, 3.8) is 0 Å². The van der Waals surface area contributed by atoms with Gasteiger partial charge in [-0.25, -0.2) is 0 Å². The van der Waals surface area contributed by atoms with Crippen molar-refractivity contribution in [3.8, 4) is 11.6 Å². The van der Waals surface area contributed by atoms with E-state index in [2.05, 4.69) is 4.98 Å². The van der Waals surface area contributed by atoms with Gasteiger partial charge >= 0.3 is 0 Å². The van der Waals surface area contributed by atoms with E-state index in [1.54, 1.807) is 24.3 Å². The van der Waals surface area contributed by atoms with Gasteiger partial charge in [0.05, 0.1) is 0 Å². The molecule has 0 fully saturated rings. The monoisotopic (exact) mass is 195 g/mol. The number of nitrogens with zero attached hydrogens (tertiary/aromatic N) is 1. The van der Waals surface area contributed by atoms with E-state index in [0.29, 0.717) is 16.7 Å². The van der Waals surface area contributed by atoms with E-state index in [-0.39, 0.29) is 0 Å². The van der Waals surface area contributed by atoms with Crippen molar-refractivity contribution in [2.75, 3.05) is 0 Å². The maximum Gasteiger partial charge on any atom is 0.258 e. The topological polar surface area (TPSA) is 35.3 Å². The second-order valence-corrected chi connectivity index (χ2v) is 2.82. The van der Waals surface area contributed by atoms with E-state index in [0.717, 1.165) is 0 Å². The first-order chi connectivity index (χ1) is 6.34. The van der Waals surface area contributed by atoms with Gasteiger partial charge < -0.3 is 9.15 Å². The molecule has 2 aromatic rings. The van der Waals surface area contributed by atoms with Gasteiger partial charge in [-0.15, -0.1) is 0 Å². The lowest BCUT2D eigenvalue weighted by molar-refractivity contribution is 0.457. The molecule has 0 aliphatic carbocycles. The first-order valence-corrected chi connectivity index (χ1v) is 4.04. The summed E-state index contributed by atoms with van der Waals surface area (Å²) in [4.78, 5) is 3.81. The fourth-order valence-electron chi connectivity index (χ4n) is 0.875. The number of benzene rings is 1. The molecular weight excluding hydrogens is 190 g/mol. The Morgan fingerprint density at radius 3 is 2.62 bits per heavy atom. The molecule has 0 amide bonds. The fourth-order valence-corrected chi connectivity index (χ4v) is 1.00. The summed E-state index contributed by atoms with van der Waals surface area (Å²) in [6.07, 6.45) is 2.74. The van der Waals surface area contributed by atoms with Gasteiger partial charge in [-0.3, -0.25) is 0 Å². The van der Waals surface area contributed by atoms with Crippen LogP contribution >= 0.6 is 11.6 Å². The third kappa shape index (κ3) is 2.00. The van der Waals surface area contributed by atoms with Gasteiger partial charge in [0.25, 0.3) is 5.88 Å². The van der Waals surface area contributed by atoms with Gasteiger partial charge in [-0.05, 0) is 24.3 Å². The number of aromatic nitrogens is 1. The molecule has 3 nitrogen and oxygen atoms in total. The molecule has 0 aliphatic heterocycles. The van der Waals surface area contributed by atoms with E-state index in [4.69, 9.17) is 20.8 Å². The summed E-state index contributed by atoms with van der Waals surface area (Å²) in [5.74, 6) is 1.11. The highest BCUT2D eigenvalue weighted by Crippen LogP contribution is 2.20. The molecule has 4 heteroatoms.